The number of rotatable bonds is 3. The van der Waals surface area contributed by atoms with Crippen molar-refractivity contribution in [2.75, 3.05) is 0 Å². The topological polar surface area (TPSA) is 49.3 Å². The van der Waals surface area contributed by atoms with Crippen LogP contribution in [-0.4, -0.2) is 29.4 Å². The van der Waals surface area contributed by atoms with Crippen LogP contribution in [0.25, 0.3) is 0 Å². The maximum absolute atomic E-state index is 12.9. The quantitative estimate of drug-likeness (QED) is 0.770. The van der Waals surface area contributed by atoms with E-state index >= 15 is 0 Å². The van der Waals surface area contributed by atoms with Crippen molar-refractivity contribution in [1.29, 1.82) is 0 Å². The minimum absolute atomic E-state index is 0.0149. The molecule has 0 aliphatic heterocycles. The Morgan fingerprint density at radius 3 is 1.81 bits per heavy atom. The highest BCUT2D eigenvalue weighted by molar-refractivity contribution is 5.73. The van der Waals surface area contributed by atoms with Crippen LogP contribution in [0.2, 0.25) is 0 Å². The number of hydrogen-bond donors (Lipinski definition) is 2. The third-order valence-electron chi connectivity index (χ3n) is 4.75. The molecule has 1 aliphatic rings. The van der Waals surface area contributed by atoms with Crippen LogP contribution in [0.3, 0.4) is 0 Å². The first-order valence-corrected chi connectivity index (χ1v) is 8.09. The van der Waals surface area contributed by atoms with Gasteiger partial charge in [-0.15, -0.1) is 0 Å². The molecular formula is C17H19F6NO2. The van der Waals surface area contributed by atoms with E-state index in [1.54, 1.807) is 0 Å². The van der Waals surface area contributed by atoms with Crippen molar-refractivity contribution in [1.82, 2.24) is 5.32 Å². The number of alkyl halides is 6. The van der Waals surface area contributed by atoms with E-state index < -0.39 is 23.5 Å². The number of carbonyl (C=O) groups is 1. The zero-order valence-electron chi connectivity index (χ0n) is 13.9. The number of halogens is 6. The first-order valence-electron chi connectivity index (χ1n) is 8.09. The average Bonchev–Trinajstić information content (AvgIpc) is 2.52. The Morgan fingerprint density at radius 2 is 1.42 bits per heavy atom. The molecule has 0 aromatic heterocycles. The van der Waals surface area contributed by atoms with Crippen molar-refractivity contribution in [3.63, 3.8) is 0 Å². The van der Waals surface area contributed by atoms with Crippen LogP contribution >= 0.6 is 0 Å². The number of amides is 1. The molecule has 9 heteroatoms. The number of benzene rings is 1. The fraction of sp³-hybridized carbons (Fsp3) is 0.588. The second-order valence-corrected chi connectivity index (χ2v) is 6.58. The molecule has 1 aliphatic carbocycles. The summed E-state index contributed by atoms with van der Waals surface area (Å²) in [5.74, 6) is -0.157. The van der Waals surface area contributed by atoms with Crippen molar-refractivity contribution < 1.29 is 36.2 Å². The normalized spacial score (nSPS) is 22.2. The van der Waals surface area contributed by atoms with Gasteiger partial charge >= 0.3 is 12.4 Å². The van der Waals surface area contributed by atoms with E-state index in [0.29, 0.717) is 43.4 Å². The number of carbonyl (C=O) groups excluding carboxylic acids is 1. The molecule has 0 heterocycles. The molecule has 3 nitrogen and oxygen atoms in total. The molecule has 2 N–H and O–H groups in total. The first-order chi connectivity index (χ1) is 11.9. The molecule has 1 saturated carbocycles. The average molecular weight is 383 g/mol. The van der Waals surface area contributed by atoms with Gasteiger partial charge in [-0.1, -0.05) is 24.3 Å². The van der Waals surface area contributed by atoms with Gasteiger partial charge in [0.25, 0.3) is 5.60 Å². The standard InChI is InChI=1S/C17H19F6NO2/c1-10(25)24-14-8-4-12(5-9-14)11-2-6-13(7-3-11)15(26,16(18,19)20)17(21,22)23/h2-3,6-7,12,14,26H,4-5,8-9H2,1H3,(H,24,25)/t12-,14-. The summed E-state index contributed by atoms with van der Waals surface area (Å²) in [5, 5.41) is 12.2. The van der Waals surface area contributed by atoms with E-state index in [-0.39, 0.29) is 17.9 Å². The van der Waals surface area contributed by atoms with Crippen molar-refractivity contribution >= 4 is 5.91 Å². The molecule has 1 amide bonds. The highest BCUT2D eigenvalue weighted by Gasteiger charge is 2.71. The molecule has 26 heavy (non-hydrogen) atoms. The second-order valence-electron chi connectivity index (χ2n) is 6.58. The van der Waals surface area contributed by atoms with Crippen LogP contribution in [0.4, 0.5) is 26.3 Å². The minimum Gasteiger partial charge on any atom is -0.369 e. The Hall–Kier alpha value is -1.77. The molecule has 0 radical (unpaired) electrons. The van der Waals surface area contributed by atoms with Crippen molar-refractivity contribution in [3.05, 3.63) is 35.4 Å². The summed E-state index contributed by atoms with van der Waals surface area (Å²) in [5.41, 5.74) is -5.54. The smallest absolute Gasteiger partial charge is 0.369 e. The SMILES string of the molecule is CC(=O)N[C@H]1CC[C@H](c2ccc(C(O)(C(F)(F)F)C(F)(F)F)cc2)CC1. The van der Waals surface area contributed by atoms with E-state index in [0.717, 1.165) is 0 Å². The maximum Gasteiger partial charge on any atom is 0.430 e. The molecule has 0 unspecified atom stereocenters. The molecular weight excluding hydrogens is 364 g/mol. The lowest BCUT2D eigenvalue weighted by Gasteiger charge is -2.33. The third-order valence-corrected chi connectivity index (χ3v) is 4.75. The van der Waals surface area contributed by atoms with Crippen molar-refractivity contribution in [2.24, 2.45) is 0 Å². The molecule has 0 spiro atoms. The Kier molecular flexibility index (Phi) is 5.60. The highest BCUT2D eigenvalue weighted by Crippen LogP contribution is 2.50. The van der Waals surface area contributed by atoms with Crippen LogP contribution in [0.1, 0.15) is 49.7 Å². The monoisotopic (exact) mass is 383 g/mol. The van der Waals surface area contributed by atoms with Gasteiger partial charge in [-0.3, -0.25) is 4.79 Å². The molecule has 146 valence electrons. The van der Waals surface area contributed by atoms with Crippen molar-refractivity contribution in [2.45, 2.75) is 62.5 Å². The molecule has 0 saturated heterocycles. The second kappa shape index (κ2) is 7.09. The van der Waals surface area contributed by atoms with Gasteiger partial charge < -0.3 is 10.4 Å². The van der Waals surface area contributed by atoms with E-state index in [2.05, 4.69) is 5.32 Å². The molecule has 1 aromatic rings. The molecule has 0 bridgehead atoms. The lowest BCUT2D eigenvalue weighted by Crippen LogP contribution is -2.53. The van der Waals surface area contributed by atoms with Crippen LogP contribution < -0.4 is 5.32 Å². The summed E-state index contributed by atoms with van der Waals surface area (Å²) in [6.07, 6.45) is -9.09. The van der Waals surface area contributed by atoms with E-state index in [1.165, 1.54) is 19.1 Å². The maximum atomic E-state index is 12.9. The number of nitrogens with one attached hydrogen (secondary N) is 1. The van der Waals surface area contributed by atoms with Crippen LogP contribution in [0, 0.1) is 0 Å². The minimum atomic E-state index is -5.89. The van der Waals surface area contributed by atoms with Gasteiger partial charge in [-0.25, -0.2) is 0 Å². The van der Waals surface area contributed by atoms with Gasteiger partial charge in [0.15, 0.2) is 0 Å². The molecule has 2 rings (SSSR count). The first kappa shape index (κ1) is 20.5. The fourth-order valence-electron chi connectivity index (χ4n) is 3.34. The summed E-state index contributed by atoms with van der Waals surface area (Å²) >= 11 is 0. The van der Waals surface area contributed by atoms with Gasteiger partial charge in [0.2, 0.25) is 5.91 Å². The van der Waals surface area contributed by atoms with Gasteiger partial charge in [-0.2, -0.15) is 26.3 Å². The van der Waals surface area contributed by atoms with E-state index in [1.807, 2.05) is 0 Å². The largest absolute Gasteiger partial charge is 0.430 e. The Bertz CT molecular complexity index is 616. The lowest BCUT2D eigenvalue weighted by atomic mass is 9.80. The zero-order valence-corrected chi connectivity index (χ0v) is 13.9. The summed E-state index contributed by atoms with van der Waals surface area (Å²) in [6.45, 7) is 1.41. The third kappa shape index (κ3) is 3.97. The Balaban J connectivity index is 2.17. The van der Waals surface area contributed by atoms with Gasteiger partial charge in [0.1, 0.15) is 0 Å². The van der Waals surface area contributed by atoms with Gasteiger partial charge in [0.05, 0.1) is 0 Å². The molecule has 1 aromatic carbocycles. The summed E-state index contributed by atoms with van der Waals surface area (Å²) < 4.78 is 77.3. The summed E-state index contributed by atoms with van der Waals surface area (Å²) in [6, 6.07) is 3.78. The zero-order chi connectivity index (χ0) is 19.8. The summed E-state index contributed by atoms with van der Waals surface area (Å²) in [4.78, 5) is 11.0. The van der Waals surface area contributed by atoms with E-state index in [4.69, 9.17) is 0 Å². The van der Waals surface area contributed by atoms with Gasteiger partial charge in [0, 0.05) is 18.5 Å². The van der Waals surface area contributed by atoms with E-state index in [9.17, 15) is 36.2 Å². The predicted octanol–water partition coefficient (Wildman–Crippen LogP) is 4.16. The number of aliphatic hydroxyl groups is 1. The lowest BCUT2D eigenvalue weighted by molar-refractivity contribution is -0.376. The van der Waals surface area contributed by atoms with Crippen molar-refractivity contribution in [3.8, 4) is 0 Å². The van der Waals surface area contributed by atoms with Crippen LogP contribution in [0.5, 0.6) is 0 Å². The van der Waals surface area contributed by atoms with Crippen LogP contribution in [0.15, 0.2) is 24.3 Å². The Labute approximate surface area is 146 Å². The molecule has 1 fully saturated rings. The Morgan fingerprint density at radius 1 is 0.962 bits per heavy atom. The summed E-state index contributed by atoms with van der Waals surface area (Å²) in [7, 11) is 0. The van der Waals surface area contributed by atoms with Crippen LogP contribution in [-0.2, 0) is 10.4 Å². The fourth-order valence-corrected chi connectivity index (χ4v) is 3.34. The highest BCUT2D eigenvalue weighted by atomic mass is 19.4. The molecule has 0 atom stereocenters. The number of hydrogen-bond acceptors (Lipinski definition) is 2. The predicted molar refractivity (Wildman–Crippen MR) is 81.3 cm³/mol. The van der Waals surface area contributed by atoms with Gasteiger partial charge in [-0.05, 0) is 37.2 Å².